The topological polar surface area (TPSA) is 178 Å². The molecule has 13 nitrogen and oxygen atoms in total. The quantitative estimate of drug-likeness (QED) is 0.249. The van der Waals surface area contributed by atoms with Crippen LogP contribution in [0.2, 0.25) is 0 Å². The number of halogens is 1. The normalized spacial score (nSPS) is 26.4. The van der Waals surface area contributed by atoms with Gasteiger partial charge < -0.3 is 24.2 Å². The number of rotatable bonds is 10. The molecule has 1 aliphatic heterocycles. The number of aliphatic hydroxyl groups is 2. The number of benzene rings is 1. The van der Waals surface area contributed by atoms with Crippen molar-refractivity contribution in [1.82, 2.24) is 14.6 Å². The van der Waals surface area contributed by atoms with E-state index in [9.17, 15) is 29.2 Å². The summed E-state index contributed by atoms with van der Waals surface area (Å²) in [5.41, 5.74) is -1.77. The molecule has 0 bridgehead atoms. The summed E-state index contributed by atoms with van der Waals surface area (Å²) in [5, 5.41) is 23.0. The zero-order valence-corrected chi connectivity index (χ0v) is 20.5. The number of H-pyrrole nitrogens is 1. The molecule has 2 heterocycles. The number of aliphatic hydroxyl groups excluding tert-OH is 2. The van der Waals surface area contributed by atoms with Gasteiger partial charge in [-0.15, -0.1) is 0 Å². The molecule has 0 aliphatic carbocycles. The standard InChI is InChI=1S/C21H27FN3O10P/c1-12(2)33-19(29)13(3)24-36(31,35-14-7-5-4-6-8-14)32-11-21(22)17(28)16(27)18(34-21)25-10-9-15(26)23-20(25)30/h4-10,12-13,16-18,27-28H,11H2,1-3H3,(H,24,31)(H,23,26,30)/t13-,16-,17+,18-,21-,36-/m1/s1. The molecule has 0 amide bonds. The molecule has 0 unspecified atom stereocenters. The van der Waals surface area contributed by atoms with Gasteiger partial charge in [0, 0.05) is 12.3 Å². The second-order valence-corrected chi connectivity index (χ2v) is 9.95. The van der Waals surface area contributed by atoms with Crippen molar-refractivity contribution in [3.63, 3.8) is 0 Å². The molecule has 2 aromatic rings. The van der Waals surface area contributed by atoms with Crippen molar-refractivity contribution >= 4 is 13.7 Å². The summed E-state index contributed by atoms with van der Waals surface area (Å²) in [7, 11) is -4.52. The van der Waals surface area contributed by atoms with Crippen molar-refractivity contribution < 1.29 is 42.5 Å². The van der Waals surface area contributed by atoms with Gasteiger partial charge in [-0.25, -0.2) is 13.8 Å². The summed E-state index contributed by atoms with van der Waals surface area (Å²) in [6, 6.07) is 7.38. The van der Waals surface area contributed by atoms with Crippen molar-refractivity contribution in [2.45, 2.75) is 57.2 Å². The highest BCUT2D eigenvalue weighted by molar-refractivity contribution is 7.52. The summed E-state index contributed by atoms with van der Waals surface area (Å²) in [6.07, 6.45) is -5.50. The molecule has 1 aromatic heterocycles. The zero-order chi connectivity index (χ0) is 26.7. The fourth-order valence-electron chi connectivity index (χ4n) is 3.23. The maximum atomic E-state index is 15.6. The lowest BCUT2D eigenvalue weighted by atomic mass is 10.1. The van der Waals surface area contributed by atoms with Crippen LogP contribution in [0.15, 0.2) is 52.2 Å². The van der Waals surface area contributed by atoms with E-state index in [1.54, 1.807) is 32.0 Å². The minimum absolute atomic E-state index is 0.0521. The Bertz CT molecular complexity index is 1220. The van der Waals surface area contributed by atoms with Gasteiger partial charge in [0.1, 0.15) is 30.6 Å². The van der Waals surface area contributed by atoms with Crippen LogP contribution in [-0.2, 0) is 23.4 Å². The first-order chi connectivity index (χ1) is 16.8. The Hall–Kier alpha value is -2.87. The van der Waals surface area contributed by atoms with Crippen molar-refractivity contribution in [2.24, 2.45) is 0 Å². The van der Waals surface area contributed by atoms with Crippen LogP contribution in [0.3, 0.4) is 0 Å². The monoisotopic (exact) mass is 531 g/mol. The molecule has 6 atom stereocenters. The lowest BCUT2D eigenvalue weighted by Crippen LogP contribution is -2.44. The number of para-hydroxylation sites is 1. The molecule has 4 N–H and O–H groups in total. The number of nitrogens with one attached hydrogen (secondary N) is 2. The molecule has 1 fully saturated rings. The number of ether oxygens (including phenoxy) is 2. The van der Waals surface area contributed by atoms with Gasteiger partial charge in [-0.1, -0.05) is 18.2 Å². The number of alkyl halides is 1. The van der Waals surface area contributed by atoms with Crippen molar-refractivity contribution in [1.29, 1.82) is 0 Å². The van der Waals surface area contributed by atoms with Gasteiger partial charge in [0.05, 0.1) is 6.10 Å². The van der Waals surface area contributed by atoms with Crippen LogP contribution in [0.1, 0.15) is 27.0 Å². The predicted octanol–water partition coefficient (Wildman–Crippen LogP) is 0.586. The van der Waals surface area contributed by atoms with Crippen molar-refractivity contribution in [2.75, 3.05) is 6.61 Å². The number of esters is 1. The van der Waals surface area contributed by atoms with E-state index >= 15 is 4.39 Å². The van der Waals surface area contributed by atoms with E-state index in [1.165, 1.54) is 19.1 Å². The third kappa shape index (κ3) is 6.46. The third-order valence-electron chi connectivity index (χ3n) is 4.96. The smallest absolute Gasteiger partial charge is 0.459 e. The molecule has 36 heavy (non-hydrogen) atoms. The lowest BCUT2D eigenvalue weighted by Gasteiger charge is -2.27. The van der Waals surface area contributed by atoms with E-state index in [2.05, 4.69) is 5.09 Å². The van der Waals surface area contributed by atoms with Gasteiger partial charge in [-0.3, -0.25) is 23.7 Å². The van der Waals surface area contributed by atoms with E-state index in [0.29, 0.717) is 4.57 Å². The van der Waals surface area contributed by atoms with E-state index in [1.807, 2.05) is 4.98 Å². The van der Waals surface area contributed by atoms with Gasteiger partial charge in [0.15, 0.2) is 6.23 Å². The second kappa shape index (κ2) is 11.0. The number of hydrogen-bond donors (Lipinski definition) is 4. The molecule has 0 spiro atoms. The zero-order valence-electron chi connectivity index (χ0n) is 19.6. The molecule has 0 saturated carbocycles. The van der Waals surface area contributed by atoms with E-state index < -0.39 is 68.0 Å². The summed E-state index contributed by atoms with van der Waals surface area (Å²) < 4.78 is 50.5. The summed E-state index contributed by atoms with van der Waals surface area (Å²) in [6.45, 7) is 3.30. The largest absolute Gasteiger partial charge is 0.462 e. The Balaban J connectivity index is 1.81. The number of nitrogens with zero attached hydrogens (tertiary/aromatic N) is 1. The van der Waals surface area contributed by atoms with Crippen LogP contribution in [-0.4, -0.2) is 62.5 Å². The molecule has 0 radical (unpaired) electrons. The SMILES string of the molecule is CC(C)OC(=O)[C@@H](C)N[P@@](=O)(OC[C@@]1(F)O[C@@H](n2ccc(=O)[nH]c2=O)[C@H](O)[C@@H]1O)Oc1ccccc1. The van der Waals surface area contributed by atoms with E-state index in [0.717, 1.165) is 12.3 Å². The third-order valence-corrected chi connectivity index (χ3v) is 6.58. The van der Waals surface area contributed by atoms with Crippen molar-refractivity contribution in [3.05, 3.63) is 63.4 Å². The Morgan fingerprint density at radius 3 is 2.53 bits per heavy atom. The first-order valence-electron chi connectivity index (χ1n) is 10.9. The average molecular weight is 531 g/mol. The number of aromatic nitrogens is 2. The maximum Gasteiger partial charge on any atom is 0.459 e. The molecule has 198 valence electrons. The Labute approximate surface area is 204 Å². The van der Waals surface area contributed by atoms with Gasteiger partial charge in [-0.05, 0) is 32.9 Å². The van der Waals surface area contributed by atoms with Gasteiger partial charge >= 0.3 is 19.4 Å². The number of carbonyl (C=O) groups is 1. The van der Waals surface area contributed by atoms with Crippen LogP contribution in [0, 0.1) is 0 Å². The molecule has 1 aliphatic rings. The van der Waals surface area contributed by atoms with Crippen molar-refractivity contribution in [3.8, 4) is 5.75 Å². The molecular weight excluding hydrogens is 504 g/mol. The molecular formula is C21H27FN3O10P. The second-order valence-electron chi connectivity index (χ2n) is 8.26. The van der Waals surface area contributed by atoms with Crippen LogP contribution in [0.25, 0.3) is 0 Å². The van der Waals surface area contributed by atoms with Crippen LogP contribution < -0.4 is 20.9 Å². The summed E-state index contributed by atoms with van der Waals surface area (Å²) >= 11 is 0. The Morgan fingerprint density at radius 2 is 1.92 bits per heavy atom. The fraction of sp³-hybridized carbons (Fsp3) is 0.476. The minimum atomic E-state index is -4.52. The van der Waals surface area contributed by atoms with Crippen LogP contribution >= 0.6 is 7.75 Å². The van der Waals surface area contributed by atoms with E-state index in [4.69, 9.17) is 18.5 Å². The Kier molecular flexibility index (Phi) is 8.49. The maximum absolute atomic E-state index is 15.6. The number of carbonyl (C=O) groups excluding carboxylic acids is 1. The van der Waals surface area contributed by atoms with Gasteiger partial charge in [-0.2, -0.15) is 5.09 Å². The average Bonchev–Trinajstić information content (AvgIpc) is 3.02. The molecule has 15 heteroatoms. The highest BCUT2D eigenvalue weighted by atomic mass is 31.2. The van der Waals surface area contributed by atoms with Gasteiger partial charge in [0.25, 0.3) is 11.4 Å². The summed E-state index contributed by atoms with van der Waals surface area (Å²) in [4.78, 5) is 37.4. The van der Waals surface area contributed by atoms with Gasteiger partial charge in [0.2, 0.25) is 0 Å². The molecule has 3 rings (SSSR count). The Morgan fingerprint density at radius 1 is 1.25 bits per heavy atom. The highest BCUT2D eigenvalue weighted by Crippen LogP contribution is 2.48. The minimum Gasteiger partial charge on any atom is -0.462 e. The fourth-order valence-corrected chi connectivity index (χ4v) is 4.73. The number of hydrogen-bond acceptors (Lipinski definition) is 10. The van der Waals surface area contributed by atoms with Crippen LogP contribution in [0.5, 0.6) is 5.75 Å². The number of aromatic amines is 1. The first-order valence-corrected chi connectivity index (χ1v) is 12.4. The molecule has 1 saturated heterocycles. The highest BCUT2D eigenvalue weighted by Gasteiger charge is 2.57. The predicted molar refractivity (Wildman–Crippen MR) is 122 cm³/mol. The first kappa shape index (κ1) is 27.7. The van der Waals surface area contributed by atoms with E-state index in [-0.39, 0.29) is 5.75 Å². The lowest BCUT2D eigenvalue weighted by molar-refractivity contribution is -0.204. The molecule has 1 aromatic carbocycles. The summed E-state index contributed by atoms with van der Waals surface area (Å²) in [5.74, 6) is -3.90. The van der Waals surface area contributed by atoms with Crippen LogP contribution in [0.4, 0.5) is 4.39 Å².